The molecule has 2 rings (SSSR count). The Hall–Kier alpha value is -1.88. The van der Waals surface area contributed by atoms with Crippen molar-refractivity contribution in [2.45, 2.75) is 19.4 Å². The van der Waals surface area contributed by atoms with Crippen molar-refractivity contribution in [3.8, 4) is 0 Å². The lowest BCUT2D eigenvalue weighted by atomic mass is 10.1. The first-order chi connectivity index (χ1) is 9.06. The van der Waals surface area contributed by atoms with E-state index >= 15 is 0 Å². The van der Waals surface area contributed by atoms with Crippen molar-refractivity contribution < 1.29 is 9.59 Å². The number of amides is 2. The molecule has 6 heteroatoms. The zero-order chi connectivity index (χ0) is 13.8. The molecular formula is C13H14ClN3O2. The average molecular weight is 280 g/mol. The van der Waals surface area contributed by atoms with Crippen molar-refractivity contribution in [1.29, 1.82) is 0 Å². The van der Waals surface area contributed by atoms with Crippen LogP contribution in [0.5, 0.6) is 0 Å². The first-order valence-electron chi connectivity index (χ1n) is 5.93. The van der Waals surface area contributed by atoms with Gasteiger partial charge in [0.2, 0.25) is 5.91 Å². The van der Waals surface area contributed by atoms with Gasteiger partial charge in [-0.15, -0.1) is 0 Å². The topological polar surface area (TPSA) is 61.8 Å². The number of carbonyl (C=O) groups is 2. The fourth-order valence-corrected chi connectivity index (χ4v) is 1.85. The molecule has 100 valence electrons. The zero-order valence-corrected chi connectivity index (χ0v) is 11.3. The van der Waals surface area contributed by atoms with E-state index in [-0.39, 0.29) is 11.8 Å². The highest BCUT2D eigenvalue weighted by atomic mass is 35.5. The molecule has 0 saturated carbocycles. The van der Waals surface area contributed by atoms with E-state index in [0.29, 0.717) is 30.1 Å². The van der Waals surface area contributed by atoms with Crippen molar-refractivity contribution in [1.82, 2.24) is 10.3 Å². The first-order valence-corrected chi connectivity index (χ1v) is 6.31. The van der Waals surface area contributed by atoms with Gasteiger partial charge < -0.3 is 5.32 Å². The van der Waals surface area contributed by atoms with E-state index in [1.54, 1.807) is 19.2 Å². The summed E-state index contributed by atoms with van der Waals surface area (Å²) in [6.45, 7) is 0.409. The van der Waals surface area contributed by atoms with Crippen molar-refractivity contribution >= 4 is 29.1 Å². The van der Waals surface area contributed by atoms with Crippen LogP contribution >= 0.6 is 11.6 Å². The van der Waals surface area contributed by atoms with Crippen molar-refractivity contribution in [2.24, 2.45) is 5.10 Å². The Bertz CT molecular complexity index is 525. The third-order valence-corrected chi connectivity index (χ3v) is 3.09. The number of hydrogen-bond acceptors (Lipinski definition) is 3. The SMILES string of the molecule is CN1N=C(C(=O)NCc2ccc(Cl)cc2)CCC1=O. The van der Waals surface area contributed by atoms with Gasteiger partial charge in [-0.2, -0.15) is 5.10 Å². The second-order valence-electron chi connectivity index (χ2n) is 4.27. The Balaban J connectivity index is 1.93. The summed E-state index contributed by atoms with van der Waals surface area (Å²) >= 11 is 5.78. The minimum Gasteiger partial charge on any atom is -0.347 e. The number of benzene rings is 1. The van der Waals surface area contributed by atoms with Crippen molar-refractivity contribution in [3.05, 3.63) is 34.9 Å². The lowest BCUT2D eigenvalue weighted by Gasteiger charge is -2.18. The van der Waals surface area contributed by atoms with Crippen LogP contribution in [0.15, 0.2) is 29.4 Å². The number of halogens is 1. The van der Waals surface area contributed by atoms with Gasteiger partial charge in [0.05, 0.1) is 0 Å². The molecule has 1 N–H and O–H groups in total. The molecule has 0 aliphatic carbocycles. The number of hydrogen-bond donors (Lipinski definition) is 1. The van der Waals surface area contributed by atoms with E-state index in [1.807, 2.05) is 12.1 Å². The van der Waals surface area contributed by atoms with Gasteiger partial charge >= 0.3 is 0 Å². The molecule has 1 heterocycles. The largest absolute Gasteiger partial charge is 0.347 e. The molecule has 0 unspecified atom stereocenters. The van der Waals surface area contributed by atoms with Gasteiger partial charge in [0.1, 0.15) is 5.71 Å². The summed E-state index contributed by atoms with van der Waals surface area (Å²) in [4.78, 5) is 23.1. The molecule has 1 aromatic carbocycles. The lowest BCUT2D eigenvalue weighted by Crippen LogP contribution is -2.37. The predicted octanol–water partition coefficient (Wildman–Crippen LogP) is 1.56. The normalized spacial score (nSPS) is 15.2. The predicted molar refractivity (Wildman–Crippen MR) is 72.7 cm³/mol. The maximum absolute atomic E-state index is 11.9. The van der Waals surface area contributed by atoms with Gasteiger partial charge in [0, 0.05) is 31.5 Å². The smallest absolute Gasteiger partial charge is 0.267 e. The molecule has 19 heavy (non-hydrogen) atoms. The summed E-state index contributed by atoms with van der Waals surface area (Å²) < 4.78 is 0. The van der Waals surface area contributed by atoms with Crippen molar-refractivity contribution in [3.63, 3.8) is 0 Å². The number of carbonyl (C=O) groups excluding carboxylic acids is 2. The van der Waals surface area contributed by atoms with E-state index in [2.05, 4.69) is 10.4 Å². The second-order valence-corrected chi connectivity index (χ2v) is 4.71. The van der Waals surface area contributed by atoms with E-state index < -0.39 is 0 Å². The number of rotatable bonds is 3. The molecule has 2 amide bonds. The molecule has 0 atom stereocenters. The number of nitrogens with one attached hydrogen (secondary N) is 1. The molecule has 0 saturated heterocycles. The Kier molecular flexibility index (Phi) is 4.16. The van der Waals surface area contributed by atoms with Gasteiger partial charge in [-0.3, -0.25) is 9.59 Å². The first kappa shape index (κ1) is 13.5. The fraction of sp³-hybridized carbons (Fsp3) is 0.308. The fourth-order valence-electron chi connectivity index (χ4n) is 1.72. The molecule has 5 nitrogen and oxygen atoms in total. The van der Waals surface area contributed by atoms with E-state index in [9.17, 15) is 9.59 Å². The summed E-state index contributed by atoms with van der Waals surface area (Å²) in [5, 5.41) is 8.60. The van der Waals surface area contributed by atoms with Gasteiger partial charge in [-0.05, 0) is 17.7 Å². The van der Waals surface area contributed by atoms with Gasteiger partial charge in [0.25, 0.3) is 5.91 Å². The zero-order valence-electron chi connectivity index (χ0n) is 10.5. The summed E-state index contributed by atoms with van der Waals surface area (Å²) in [5.74, 6) is -0.316. The van der Waals surface area contributed by atoms with Crippen molar-refractivity contribution in [2.75, 3.05) is 7.05 Å². The Labute approximate surface area is 116 Å². The highest BCUT2D eigenvalue weighted by Crippen LogP contribution is 2.10. The number of hydrazone groups is 1. The summed E-state index contributed by atoms with van der Waals surface area (Å²) in [6, 6.07) is 7.24. The van der Waals surface area contributed by atoms with E-state index in [4.69, 9.17) is 11.6 Å². The third-order valence-electron chi connectivity index (χ3n) is 2.84. The van der Waals surface area contributed by atoms with E-state index in [0.717, 1.165) is 5.56 Å². The minimum absolute atomic E-state index is 0.0748. The molecular weight excluding hydrogens is 266 g/mol. The Morgan fingerprint density at radius 1 is 1.37 bits per heavy atom. The molecule has 0 fully saturated rings. The average Bonchev–Trinajstić information content (AvgIpc) is 2.41. The highest BCUT2D eigenvalue weighted by molar-refractivity contribution is 6.39. The summed E-state index contributed by atoms with van der Waals surface area (Å²) in [5.41, 5.74) is 1.34. The minimum atomic E-state index is -0.241. The van der Waals surface area contributed by atoms with Gasteiger partial charge in [-0.25, -0.2) is 5.01 Å². The molecule has 1 aliphatic heterocycles. The molecule has 0 spiro atoms. The third kappa shape index (κ3) is 3.54. The van der Waals surface area contributed by atoms with Gasteiger partial charge in [-0.1, -0.05) is 23.7 Å². The van der Waals surface area contributed by atoms with Crippen LogP contribution < -0.4 is 5.32 Å². The van der Waals surface area contributed by atoms with Gasteiger partial charge in [0.15, 0.2) is 0 Å². The standard InChI is InChI=1S/C13H14ClN3O2/c1-17-12(18)7-6-11(16-17)13(19)15-8-9-2-4-10(14)5-3-9/h2-5H,6-8H2,1H3,(H,15,19). The summed E-state index contributed by atoms with van der Waals surface area (Å²) in [7, 11) is 1.55. The quantitative estimate of drug-likeness (QED) is 0.913. The second kappa shape index (κ2) is 5.84. The Morgan fingerprint density at radius 3 is 2.68 bits per heavy atom. The van der Waals surface area contributed by atoms with Crippen LogP contribution in [0.25, 0.3) is 0 Å². The maximum Gasteiger partial charge on any atom is 0.267 e. The van der Waals surface area contributed by atoms with Crippen LogP contribution in [0, 0.1) is 0 Å². The number of nitrogens with zero attached hydrogens (tertiary/aromatic N) is 2. The lowest BCUT2D eigenvalue weighted by molar-refractivity contribution is -0.130. The highest BCUT2D eigenvalue weighted by Gasteiger charge is 2.21. The molecule has 0 radical (unpaired) electrons. The molecule has 1 aromatic rings. The van der Waals surface area contributed by atoms with E-state index in [1.165, 1.54) is 5.01 Å². The Morgan fingerprint density at radius 2 is 2.05 bits per heavy atom. The van der Waals surface area contributed by atoms with Crippen LogP contribution in [-0.2, 0) is 16.1 Å². The monoisotopic (exact) mass is 279 g/mol. The molecule has 0 aromatic heterocycles. The summed E-state index contributed by atoms with van der Waals surface area (Å²) in [6.07, 6.45) is 0.708. The maximum atomic E-state index is 11.9. The van der Waals surface area contributed by atoms with Crippen LogP contribution in [-0.4, -0.2) is 29.6 Å². The molecule has 1 aliphatic rings. The molecule has 0 bridgehead atoms. The van der Waals surface area contributed by atoms with Crippen LogP contribution in [0.2, 0.25) is 5.02 Å². The van der Waals surface area contributed by atoms with Crippen LogP contribution in [0.4, 0.5) is 0 Å². The van der Waals surface area contributed by atoms with Crippen LogP contribution in [0.3, 0.4) is 0 Å². The van der Waals surface area contributed by atoms with Crippen LogP contribution in [0.1, 0.15) is 18.4 Å².